The van der Waals surface area contributed by atoms with Crippen molar-refractivity contribution in [2.75, 3.05) is 19.6 Å². The average molecular weight is 725 g/mol. The molecule has 0 bridgehead atoms. The second-order valence-electron chi connectivity index (χ2n) is 15.9. The molecule has 4 amide bonds. The van der Waals surface area contributed by atoms with Gasteiger partial charge in [-0.25, -0.2) is 14.6 Å². The van der Waals surface area contributed by atoms with Crippen LogP contribution in [0.4, 0.5) is 4.79 Å². The summed E-state index contributed by atoms with van der Waals surface area (Å²) in [6.07, 6.45) is 6.78. The van der Waals surface area contributed by atoms with Gasteiger partial charge in [-0.3, -0.25) is 14.4 Å². The zero-order valence-electron chi connectivity index (χ0n) is 30.5. The number of aliphatic carboxylic acids is 1. The van der Waals surface area contributed by atoms with Gasteiger partial charge in [0.15, 0.2) is 0 Å². The maximum absolute atomic E-state index is 14.4. The van der Waals surface area contributed by atoms with E-state index in [0.29, 0.717) is 25.2 Å². The molecule has 7 rings (SSSR count). The van der Waals surface area contributed by atoms with Crippen molar-refractivity contribution >= 4 is 40.8 Å². The number of nitrogens with zero attached hydrogens (tertiary/aromatic N) is 4. The summed E-state index contributed by atoms with van der Waals surface area (Å²) in [5.74, 6) is -2.59. The fourth-order valence-electron chi connectivity index (χ4n) is 8.30. The predicted molar refractivity (Wildman–Crippen MR) is 196 cm³/mol. The molecular formula is C40H48N6O7. The first-order valence-corrected chi connectivity index (χ1v) is 18.6. The van der Waals surface area contributed by atoms with E-state index in [4.69, 9.17) is 9.72 Å². The largest absolute Gasteiger partial charge is 0.479 e. The Hall–Kier alpha value is -5.20. The fourth-order valence-corrected chi connectivity index (χ4v) is 8.30. The molecule has 4 aliphatic rings. The Bertz CT molecular complexity index is 1940. The quantitative estimate of drug-likeness (QED) is 0.327. The maximum Gasteiger partial charge on any atom is 0.408 e. The van der Waals surface area contributed by atoms with Gasteiger partial charge in [0.05, 0.1) is 11.0 Å². The third kappa shape index (κ3) is 7.38. The molecular weight excluding hydrogens is 676 g/mol. The van der Waals surface area contributed by atoms with Crippen LogP contribution >= 0.6 is 0 Å². The number of para-hydroxylation sites is 2. The zero-order valence-corrected chi connectivity index (χ0v) is 30.5. The second kappa shape index (κ2) is 14.3. The molecule has 1 aliphatic carbocycles. The normalized spacial score (nSPS) is 28.2. The molecule has 3 aromatic rings. The highest BCUT2D eigenvalue weighted by Crippen LogP contribution is 2.46. The number of likely N-dealkylation sites (tertiary alicyclic amines) is 1. The van der Waals surface area contributed by atoms with Crippen LogP contribution in [0.5, 0.6) is 0 Å². The number of imidazole rings is 1. The number of carboxylic acids is 1. The number of carbonyl (C=O) groups excluding carboxylic acids is 4. The van der Waals surface area contributed by atoms with E-state index in [0.717, 1.165) is 35.9 Å². The molecule has 1 saturated carbocycles. The SMILES string of the molecule is CC(C)(C)OC(=O)N[C@H]1CCCCC/C=C\[C@@H]2C[C@@]2(C(=O)O)NC(=O)[C@@H]2[C@H]3CN(C(=O)Cn4c(-c5ccccc5)nc5ccccc54)C[C@H]3CN2C1=O. The van der Waals surface area contributed by atoms with Crippen molar-refractivity contribution in [1.82, 2.24) is 30.0 Å². The summed E-state index contributed by atoms with van der Waals surface area (Å²) in [5.41, 5.74) is 0.242. The van der Waals surface area contributed by atoms with Crippen LogP contribution in [0.2, 0.25) is 0 Å². The Balaban J connectivity index is 1.16. The molecule has 0 spiro atoms. The first kappa shape index (κ1) is 36.2. The van der Waals surface area contributed by atoms with Gasteiger partial charge in [0.25, 0.3) is 0 Å². The molecule has 280 valence electrons. The van der Waals surface area contributed by atoms with Crippen LogP contribution in [-0.4, -0.2) is 97.1 Å². The number of amides is 4. The van der Waals surface area contributed by atoms with E-state index in [9.17, 15) is 29.1 Å². The maximum atomic E-state index is 14.4. The number of benzene rings is 2. The van der Waals surface area contributed by atoms with Gasteiger partial charge in [-0.05, 0) is 58.6 Å². The van der Waals surface area contributed by atoms with Crippen molar-refractivity contribution in [3.63, 3.8) is 0 Å². The lowest BCUT2D eigenvalue weighted by Gasteiger charge is -2.33. The van der Waals surface area contributed by atoms with E-state index in [-0.39, 0.29) is 43.8 Å². The summed E-state index contributed by atoms with van der Waals surface area (Å²) in [5, 5.41) is 15.9. The minimum absolute atomic E-state index is 0.0295. The van der Waals surface area contributed by atoms with Crippen molar-refractivity contribution < 1.29 is 33.8 Å². The van der Waals surface area contributed by atoms with Gasteiger partial charge in [-0.1, -0.05) is 67.5 Å². The Morgan fingerprint density at radius 1 is 1.00 bits per heavy atom. The number of ether oxygens (including phenoxy) is 1. The topological polar surface area (TPSA) is 163 Å². The molecule has 4 heterocycles. The summed E-state index contributed by atoms with van der Waals surface area (Å²) < 4.78 is 7.42. The minimum Gasteiger partial charge on any atom is -0.479 e. The number of allylic oxidation sites excluding steroid dienone is 1. The molecule has 3 N–H and O–H groups in total. The Labute approximate surface area is 308 Å². The number of hydrogen-bond acceptors (Lipinski definition) is 7. The highest BCUT2D eigenvalue weighted by molar-refractivity contribution is 5.96. The van der Waals surface area contributed by atoms with E-state index in [1.54, 1.807) is 25.7 Å². The standard InChI is InChI=1S/C40H48N6O7/c1-39(2,3)53-38(52)42-30-18-11-6-4-5-10-16-27-20-40(27,37(50)51)43-35(48)33-28-23-44(21-26(28)22-46(33)36(30)49)32(47)24-45-31-19-13-12-17-29(31)41-34(45)25-14-8-7-9-15-25/h7-10,12-17,19,26-28,30,33H,4-6,11,18,20-24H2,1-3H3,(H,42,52)(H,43,48)(H,50,51)/b16-10-/t26-,27+,28-,30-,33-,40+/m0/s1. The van der Waals surface area contributed by atoms with Crippen molar-refractivity contribution in [2.45, 2.75) is 89.1 Å². The van der Waals surface area contributed by atoms with Crippen LogP contribution in [0, 0.1) is 17.8 Å². The number of carbonyl (C=O) groups is 5. The van der Waals surface area contributed by atoms with Crippen LogP contribution in [0.25, 0.3) is 22.4 Å². The van der Waals surface area contributed by atoms with E-state index >= 15 is 0 Å². The van der Waals surface area contributed by atoms with E-state index < -0.39 is 53.0 Å². The van der Waals surface area contributed by atoms with Crippen molar-refractivity contribution in [3.8, 4) is 11.4 Å². The van der Waals surface area contributed by atoms with E-state index in [1.165, 1.54) is 4.90 Å². The van der Waals surface area contributed by atoms with Crippen LogP contribution in [0.15, 0.2) is 66.7 Å². The smallest absolute Gasteiger partial charge is 0.408 e. The molecule has 13 nitrogen and oxygen atoms in total. The van der Waals surface area contributed by atoms with E-state index in [1.807, 2.05) is 71.3 Å². The zero-order chi connectivity index (χ0) is 37.5. The van der Waals surface area contributed by atoms with Gasteiger partial charge in [0.1, 0.15) is 35.6 Å². The third-order valence-corrected chi connectivity index (χ3v) is 11.0. The number of carboxylic acid groups (broad SMARTS) is 1. The predicted octanol–water partition coefficient (Wildman–Crippen LogP) is 4.36. The molecule has 2 saturated heterocycles. The lowest BCUT2D eigenvalue weighted by atomic mass is 9.93. The molecule has 3 fully saturated rings. The average Bonchev–Trinajstić information content (AvgIpc) is 3.36. The van der Waals surface area contributed by atoms with Crippen LogP contribution < -0.4 is 10.6 Å². The van der Waals surface area contributed by atoms with Crippen molar-refractivity contribution in [1.29, 1.82) is 0 Å². The fraction of sp³-hybridized carbons (Fsp3) is 0.500. The van der Waals surface area contributed by atoms with E-state index in [2.05, 4.69) is 10.6 Å². The first-order chi connectivity index (χ1) is 25.3. The molecule has 6 atom stereocenters. The Morgan fingerprint density at radius 2 is 1.75 bits per heavy atom. The number of alkyl carbamates (subject to hydrolysis) is 1. The Morgan fingerprint density at radius 3 is 2.51 bits per heavy atom. The summed E-state index contributed by atoms with van der Waals surface area (Å²) in [6.45, 7) is 5.99. The first-order valence-electron chi connectivity index (χ1n) is 18.6. The number of rotatable bonds is 5. The molecule has 53 heavy (non-hydrogen) atoms. The number of hydrogen-bond donors (Lipinski definition) is 3. The summed E-state index contributed by atoms with van der Waals surface area (Å²) in [7, 11) is 0. The summed E-state index contributed by atoms with van der Waals surface area (Å²) in [4.78, 5) is 76.5. The number of aromatic nitrogens is 2. The number of nitrogens with one attached hydrogen (secondary N) is 2. The monoisotopic (exact) mass is 724 g/mol. The molecule has 13 heteroatoms. The highest BCUT2D eigenvalue weighted by atomic mass is 16.6. The van der Waals surface area contributed by atoms with Gasteiger partial charge in [-0.15, -0.1) is 0 Å². The molecule has 1 aromatic heterocycles. The van der Waals surface area contributed by atoms with Gasteiger partial charge >= 0.3 is 12.1 Å². The van der Waals surface area contributed by atoms with Gasteiger partial charge in [0.2, 0.25) is 17.7 Å². The van der Waals surface area contributed by atoms with Crippen molar-refractivity contribution in [2.24, 2.45) is 17.8 Å². The number of fused-ring (bicyclic) bond motifs is 5. The van der Waals surface area contributed by atoms with Crippen LogP contribution in [0.1, 0.15) is 59.3 Å². The molecule has 2 aromatic carbocycles. The lowest BCUT2D eigenvalue weighted by molar-refractivity contribution is -0.146. The van der Waals surface area contributed by atoms with Crippen molar-refractivity contribution in [3.05, 3.63) is 66.7 Å². The molecule has 0 radical (unpaired) electrons. The van der Waals surface area contributed by atoms with Crippen LogP contribution in [-0.2, 0) is 30.5 Å². The van der Waals surface area contributed by atoms with Crippen LogP contribution in [0.3, 0.4) is 0 Å². The molecule has 0 unspecified atom stereocenters. The van der Waals surface area contributed by atoms with Gasteiger partial charge in [-0.2, -0.15) is 0 Å². The van der Waals surface area contributed by atoms with Gasteiger partial charge in [0, 0.05) is 43.0 Å². The second-order valence-corrected chi connectivity index (χ2v) is 15.9. The molecule has 3 aliphatic heterocycles. The third-order valence-electron chi connectivity index (χ3n) is 11.0. The van der Waals surface area contributed by atoms with Gasteiger partial charge < -0.3 is 34.8 Å². The summed E-state index contributed by atoms with van der Waals surface area (Å²) in [6, 6.07) is 15.4. The Kier molecular flexibility index (Phi) is 9.77. The lowest BCUT2D eigenvalue weighted by Crippen LogP contribution is -2.58. The minimum atomic E-state index is -1.46. The highest BCUT2D eigenvalue weighted by Gasteiger charge is 2.62. The summed E-state index contributed by atoms with van der Waals surface area (Å²) >= 11 is 0.